The fraction of sp³-hybridized carbons (Fsp3) is 0.188. The summed E-state index contributed by atoms with van der Waals surface area (Å²) in [5.74, 6) is 0.171. The van der Waals surface area contributed by atoms with Gasteiger partial charge >= 0.3 is 0 Å². The third-order valence-electron chi connectivity index (χ3n) is 2.90. The van der Waals surface area contributed by atoms with E-state index in [1.54, 1.807) is 0 Å². The summed E-state index contributed by atoms with van der Waals surface area (Å²) in [5.41, 5.74) is 2.98. The SMILES string of the molecule is Cc1ccc(C(=O)CCNc2ccc(Br)cc2)cc1. The molecule has 2 aromatic carbocycles. The van der Waals surface area contributed by atoms with Crippen molar-refractivity contribution in [2.24, 2.45) is 0 Å². The van der Waals surface area contributed by atoms with Crippen LogP contribution in [0.1, 0.15) is 22.3 Å². The molecule has 0 amide bonds. The Hall–Kier alpha value is -1.61. The second-order valence-corrected chi connectivity index (χ2v) is 5.39. The Balaban J connectivity index is 1.84. The van der Waals surface area contributed by atoms with Crippen LogP contribution in [-0.4, -0.2) is 12.3 Å². The summed E-state index contributed by atoms with van der Waals surface area (Å²) in [4.78, 5) is 12.0. The quantitative estimate of drug-likeness (QED) is 0.826. The van der Waals surface area contributed by atoms with Gasteiger partial charge in [0.2, 0.25) is 0 Å². The van der Waals surface area contributed by atoms with Crippen molar-refractivity contribution in [1.82, 2.24) is 0 Å². The zero-order valence-corrected chi connectivity index (χ0v) is 12.4. The van der Waals surface area contributed by atoms with Crippen molar-refractivity contribution in [1.29, 1.82) is 0 Å². The molecule has 2 rings (SSSR count). The third-order valence-corrected chi connectivity index (χ3v) is 3.43. The van der Waals surface area contributed by atoms with Crippen LogP contribution in [0.4, 0.5) is 5.69 Å². The van der Waals surface area contributed by atoms with E-state index < -0.39 is 0 Å². The van der Waals surface area contributed by atoms with Crippen molar-refractivity contribution < 1.29 is 4.79 Å². The van der Waals surface area contributed by atoms with Gasteiger partial charge in [-0.05, 0) is 31.2 Å². The maximum atomic E-state index is 12.0. The van der Waals surface area contributed by atoms with Crippen LogP contribution in [0.3, 0.4) is 0 Å². The molecular formula is C16H16BrNO. The predicted octanol–water partition coefficient (Wildman–Crippen LogP) is 4.44. The van der Waals surface area contributed by atoms with Gasteiger partial charge in [0.05, 0.1) is 0 Å². The number of rotatable bonds is 5. The number of halogens is 1. The Labute approximate surface area is 122 Å². The molecule has 0 unspecified atom stereocenters. The molecule has 0 fully saturated rings. The molecular weight excluding hydrogens is 302 g/mol. The van der Waals surface area contributed by atoms with Gasteiger partial charge < -0.3 is 5.32 Å². The summed E-state index contributed by atoms with van der Waals surface area (Å²) < 4.78 is 1.05. The van der Waals surface area contributed by atoms with Crippen LogP contribution >= 0.6 is 15.9 Å². The van der Waals surface area contributed by atoms with Gasteiger partial charge in [0.25, 0.3) is 0 Å². The zero-order valence-electron chi connectivity index (χ0n) is 10.8. The molecule has 0 bridgehead atoms. The second-order valence-electron chi connectivity index (χ2n) is 4.47. The van der Waals surface area contributed by atoms with Crippen molar-refractivity contribution in [3.05, 3.63) is 64.1 Å². The minimum absolute atomic E-state index is 0.171. The van der Waals surface area contributed by atoms with E-state index >= 15 is 0 Å². The van der Waals surface area contributed by atoms with E-state index in [1.807, 2.05) is 55.5 Å². The Morgan fingerprint density at radius 2 is 1.68 bits per heavy atom. The van der Waals surface area contributed by atoms with Crippen LogP contribution < -0.4 is 5.32 Å². The molecule has 0 saturated carbocycles. The van der Waals surface area contributed by atoms with Crippen LogP contribution in [0.5, 0.6) is 0 Å². The van der Waals surface area contributed by atoms with Crippen molar-refractivity contribution >= 4 is 27.4 Å². The van der Waals surface area contributed by atoms with Gasteiger partial charge in [0, 0.05) is 28.7 Å². The molecule has 0 aliphatic heterocycles. The standard InChI is InChI=1S/C16H16BrNO/c1-12-2-4-13(5-3-12)16(19)10-11-18-15-8-6-14(17)7-9-15/h2-9,18H,10-11H2,1H3. The fourth-order valence-corrected chi connectivity index (χ4v) is 2.04. The van der Waals surface area contributed by atoms with E-state index in [4.69, 9.17) is 0 Å². The second kappa shape index (κ2) is 6.53. The first-order chi connectivity index (χ1) is 9.15. The molecule has 0 heterocycles. The smallest absolute Gasteiger partial charge is 0.164 e. The van der Waals surface area contributed by atoms with E-state index in [1.165, 1.54) is 5.56 Å². The number of aryl methyl sites for hydroxylation is 1. The Morgan fingerprint density at radius 1 is 1.05 bits per heavy atom. The van der Waals surface area contributed by atoms with E-state index in [-0.39, 0.29) is 5.78 Å². The summed E-state index contributed by atoms with van der Waals surface area (Å²) in [6.07, 6.45) is 0.499. The molecule has 98 valence electrons. The number of benzene rings is 2. The average molecular weight is 318 g/mol. The van der Waals surface area contributed by atoms with E-state index in [9.17, 15) is 4.79 Å². The number of hydrogen-bond donors (Lipinski definition) is 1. The molecule has 19 heavy (non-hydrogen) atoms. The monoisotopic (exact) mass is 317 g/mol. The van der Waals surface area contributed by atoms with Gasteiger partial charge in [-0.1, -0.05) is 45.8 Å². The number of nitrogens with one attached hydrogen (secondary N) is 1. The van der Waals surface area contributed by atoms with Crippen LogP contribution in [0, 0.1) is 6.92 Å². The van der Waals surface area contributed by atoms with Gasteiger partial charge in [0.15, 0.2) is 5.78 Å². The maximum Gasteiger partial charge on any atom is 0.164 e. The van der Waals surface area contributed by atoms with E-state index in [0.29, 0.717) is 13.0 Å². The van der Waals surface area contributed by atoms with Gasteiger partial charge in [0.1, 0.15) is 0 Å². The number of ketones is 1. The fourth-order valence-electron chi connectivity index (χ4n) is 1.77. The van der Waals surface area contributed by atoms with Crippen LogP contribution in [-0.2, 0) is 0 Å². The van der Waals surface area contributed by atoms with Crippen molar-refractivity contribution in [3.63, 3.8) is 0 Å². The molecule has 1 N–H and O–H groups in total. The summed E-state index contributed by atoms with van der Waals surface area (Å²) in [6, 6.07) is 15.6. The first-order valence-corrected chi connectivity index (χ1v) is 7.04. The molecule has 0 aliphatic rings. The zero-order chi connectivity index (χ0) is 13.7. The Kier molecular flexibility index (Phi) is 4.74. The minimum atomic E-state index is 0.171. The maximum absolute atomic E-state index is 12.0. The molecule has 0 atom stereocenters. The number of carbonyl (C=O) groups excluding carboxylic acids is 1. The first-order valence-electron chi connectivity index (χ1n) is 6.24. The minimum Gasteiger partial charge on any atom is -0.385 e. The molecule has 0 aromatic heterocycles. The summed E-state index contributed by atoms with van der Waals surface area (Å²) in [5, 5.41) is 3.24. The number of Topliss-reactive ketones (excluding diaryl/α,β-unsaturated/α-hetero) is 1. The molecule has 0 radical (unpaired) electrons. The number of hydrogen-bond acceptors (Lipinski definition) is 2. The Bertz CT molecular complexity index is 546. The van der Waals surface area contributed by atoms with Crippen molar-refractivity contribution in [2.45, 2.75) is 13.3 Å². The molecule has 0 saturated heterocycles. The van der Waals surface area contributed by atoms with E-state index in [2.05, 4.69) is 21.2 Å². The predicted molar refractivity (Wildman–Crippen MR) is 82.8 cm³/mol. The number of carbonyl (C=O) groups is 1. The lowest BCUT2D eigenvalue weighted by molar-refractivity contribution is 0.0986. The third kappa shape index (κ3) is 4.21. The lowest BCUT2D eigenvalue weighted by Gasteiger charge is -2.06. The van der Waals surface area contributed by atoms with Gasteiger partial charge in [-0.15, -0.1) is 0 Å². The molecule has 3 heteroatoms. The van der Waals surface area contributed by atoms with E-state index in [0.717, 1.165) is 15.7 Å². The lowest BCUT2D eigenvalue weighted by atomic mass is 10.1. The van der Waals surface area contributed by atoms with Crippen LogP contribution in [0.2, 0.25) is 0 Å². The molecule has 0 spiro atoms. The van der Waals surface area contributed by atoms with Crippen molar-refractivity contribution in [2.75, 3.05) is 11.9 Å². The van der Waals surface area contributed by atoms with Gasteiger partial charge in [-0.3, -0.25) is 4.79 Å². The summed E-state index contributed by atoms with van der Waals surface area (Å²) in [7, 11) is 0. The highest BCUT2D eigenvalue weighted by Gasteiger charge is 2.04. The molecule has 0 aliphatic carbocycles. The van der Waals surface area contributed by atoms with Crippen molar-refractivity contribution in [3.8, 4) is 0 Å². The highest BCUT2D eigenvalue weighted by Crippen LogP contribution is 2.14. The Morgan fingerprint density at radius 3 is 2.32 bits per heavy atom. The molecule has 2 nitrogen and oxygen atoms in total. The summed E-state index contributed by atoms with van der Waals surface area (Å²) >= 11 is 3.39. The number of anilines is 1. The highest BCUT2D eigenvalue weighted by atomic mass is 79.9. The largest absolute Gasteiger partial charge is 0.385 e. The highest BCUT2D eigenvalue weighted by molar-refractivity contribution is 9.10. The average Bonchev–Trinajstić information content (AvgIpc) is 2.41. The lowest BCUT2D eigenvalue weighted by Crippen LogP contribution is -2.08. The first kappa shape index (κ1) is 13.8. The normalized spacial score (nSPS) is 10.2. The van der Waals surface area contributed by atoms with Crippen LogP contribution in [0.25, 0.3) is 0 Å². The topological polar surface area (TPSA) is 29.1 Å². The molecule has 2 aromatic rings. The van der Waals surface area contributed by atoms with Gasteiger partial charge in [-0.25, -0.2) is 0 Å². The summed E-state index contributed by atoms with van der Waals surface area (Å²) in [6.45, 7) is 2.66. The van der Waals surface area contributed by atoms with Crippen LogP contribution in [0.15, 0.2) is 53.0 Å². The van der Waals surface area contributed by atoms with Gasteiger partial charge in [-0.2, -0.15) is 0 Å².